The summed E-state index contributed by atoms with van der Waals surface area (Å²) in [7, 11) is 1.19. The molecule has 0 heterocycles. The first-order valence-electron chi connectivity index (χ1n) is 5.39. The molecule has 0 spiro atoms. The molecule has 0 aliphatic rings. The summed E-state index contributed by atoms with van der Waals surface area (Å²) in [6.07, 6.45) is 0. The molecule has 0 aliphatic heterocycles. The number of phenols is 1. The first-order valence-corrected chi connectivity index (χ1v) is 5.39. The molecule has 0 saturated heterocycles. The van der Waals surface area contributed by atoms with Crippen molar-refractivity contribution in [1.29, 1.82) is 0 Å². The number of hydrogen-bond donors (Lipinski definition) is 1. The van der Waals surface area contributed by atoms with E-state index in [0.717, 1.165) is 12.1 Å². The molecule has 0 aliphatic carbocycles. The van der Waals surface area contributed by atoms with Gasteiger partial charge in [0.15, 0.2) is 0 Å². The summed E-state index contributed by atoms with van der Waals surface area (Å²) < 4.78 is 32.0. The van der Waals surface area contributed by atoms with E-state index in [4.69, 9.17) is 5.11 Å². The SMILES string of the molecule is COC(=O)c1ccc(-c2ccc(O)cc2F)c(F)c1. The van der Waals surface area contributed by atoms with Crippen LogP contribution in [-0.2, 0) is 4.74 Å². The van der Waals surface area contributed by atoms with Crippen molar-refractivity contribution in [3.63, 3.8) is 0 Å². The summed E-state index contributed by atoms with van der Waals surface area (Å²) in [5.41, 5.74) is 0.0554. The predicted octanol–water partition coefficient (Wildman–Crippen LogP) is 3.12. The van der Waals surface area contributed by atoms with E-state index in [1.807, 2.05) is 0 Å². The highest BCUT2D eigenvalue weighted by Crippen LogP contribution is 2.28. The van der Waals surface area contributed by atoms with Crippen molar-refractivity contribution in [2.75, 3.05) is 7.11 Å². The van der Waals surface area contributed by atoms with Crippen LogP contribution in [-0.4, -0.2) is 18.2 Å². The zero-order valence-corrected chi connectivity index (χ0v) is 9.98. The number of hydrogen-bond acceptors (Lipinski definition) is 3. The van der Waals surface area contributed by atoms with Crippen LogP contribution in [0.2, 0.25) is 0 Å². The highest BCUT2D eigenvalue weighted by Gasteiger charge is 2.14. The van der Waals surface area contributed by atoms with E-state index in [2.05, 4.69) is 4.74 Å². The van der Waals surface area contributed by atoms with E-state index >= 15 is 0 Å². The molecule has 2 aromatic carbocycles. The maximum absolute atomic E-state index is 13.9. The van der Waals surface area contributed by atoms with Gasteiger partial charge in [-0.05, 0) is 24.3 Å². The summed E-state index contributed by atoms with van der Waals surface area (Å²) in [4.78, 5) is 11.2. The van der Waals surface area contributed by atoms with Gasteiger partial charge in [-0.15, -0.1) is 0 Å². The number of rotatable bonds is 2. The number of benzene rings is 2. The topological polar surface area (TPSA) is 46.5 Å². The minimum Gasteiger partial charge on any atom is -0.508 e. The van der Waals surface area contributed by atoms with Crippen molar-refractivity contribution in [3.05, 3.63) is 53.6 Å². The zero-order valence-electron chi connectivity index (χ0n) is 9.98. The van der Waals surface area contributed by atoms with Crippen molar-refractivity contribution in [2.24, 2.45) is 0 Å². The van der Waals surface area contributed by atoms with Gasteiger partial charge in [-0.3, -0.25) is 0 Å². The maximum Gasteiger partial charge on any atom is 0.337 e. The Morgan fingerprint density at radius 1 is 1.05 bits per heavy atom. The molecule has 1 N–H and O–H groups in total. The summed E-state index contributed by atoms with van der Waals surface area (Å²) in [6.45, 7) is 0. The summed E-state index contributed by atoms with van der Waals surface area (Å²) in [5.74, 6) is -2.40. The largest absolute Gasteiger partial charge is 0.508 e. The molecule has 2 aromatic rings. The molecular weight excluding hydrogens is 254 g/mol. The molecule has 98 valence electrons. The third kappa shape index (κ3) is 2.54. The Balaban J connectivity index is 2.49. The van der Waals surface area contributed by atoms with Gasteiger partial charge in [0.1, 0.15) is 17.4 Å². The lowest BCUT2D eigenvalue weighted by Crippen LogP contribution is -2.02. The molecule has 0 amide bonds. The first kappa shape index (κ1) is 13.0. The van der Waals surface area contributed by atoms with Gasteiger partial charge >= 0.3 is 5.97 Å². The van der Waals surface area contributed by atoms with Crippen LogP contribution in [0, 0.1) is 11.6 Å². The quantitative estimate of drug-likeness (QED) is 0.848. The Morgan fingerprint density at radius 2 is 1.63 bits per heavy atom. The molecule has 5 heteroatoms. The molecule has 2 rings (SSSR count). The van der Waals surface area contributed by atoms with E-state index in [9.17, 15) is 13.6 Å². The fraction of sp³-hybridized carbons (Fsp3) is 0.0714. The Bertz CT molecular complexity index is 639. The molecule has 3 nitrogen and oxygen atoms in total. The van der Waals surface area contributed by atoms with Gasteiger partial charge in [-0.1, -0.05) is 6.07 Å². The van der Waals surface area contributed by atoms with Gasteiger partial charge in [-0.25, -0.2) is 13.6 Å². The second kappa shape index (κ2) is 5.06. The molecular formula is C14H10F2O3. The number of ether oxygens (including phenoxy) is 1. The monoisotopic (exact) mass is 264 g/mol. The Morgan fingerprint density at radius 3 is 2.16 bits per heavy atom. The summed E-state index contributed by atoms with van der Waals surface area (Å²) in [6, 6.07) is 7.02. The van der Waals surface area contributed by atoms with E-state index in [-0.39, 0.29) is 22.4 Å². The lowest BCUT2D eigenvalue weighted by atomic mass is 10.0. The number of phenolic OH excluding ortho intramolecular Hbond substituents is 1. The van der Waals surface area contributed by atoms with Gasteiger partial charge in [0, 0.05) is 17.2 Å². The van der Waals surface area contributed by atoms with Crippen LogP contribution in [0.5, 0.6) is 5.75 Å². The maximum atomic E-state index is 13.9. The normalized spacial score (nSPS) is 10.3. The van der Waals surface area contributed by atoms with Crippen molar-refractivity contribution in [3.8, 4) is 16.9 Å². The van der Waals surface area contributed by atoms with Crippen molar-refractivity contribution < 1.29 is 23.4 Å². The van der Waals surface area contributed by atoms with Crippen molar-refractivity contribution >= 4 is 5.97 Å². The Kier molecular flexibility index (Phi) is 3.46. The van der Waals surface area contributed by atoms with E-state index in [0.29, 0.717) is 0 Å². The van der Waals surface area contributed by atoms with Crippen LogP contribution >= 0.6 is 0 Å². The van der Waals surface area contributed by atoms with Crippen LogP contribution in [0.15, 0.2) is 36.4 Å². The molecule has 0 bridgehead atoms. The molecule has 0 saturated carbocycles. The van der Waals surface area contributed by atoms with Crippen LogP contribution in [0.3, 0.4) is 0 Å². The number of methoxy groups -OCH3 is 1. The first-order chi connectivity index (χ1) is 9.02. The number of aromatic hydroxyl groups is 1. The molecule has 0 radical (unpaired) electrons. The molecule has 0 atom stereocenters. The standard InChI is InChI=1S/C14H10F2O3/c1-19-14(18)8-2-4-10(12(15)6-8)11-5-3-9(17)7-13(11)16/h2-7,17H,1H3. The van der Waals surface area contributed by atoms with Gasteiger partial charge in [0.05, 0.1) is 12.7 Å². The second-order valence-corrected chi connectivity index (χ2v) is 3.85. The molecule has 19 heavy (non-hydrogen) atoms. The lowest BCUT2D eigenvalue weighted by molar-refractivity contribution is 0.0600. The number of halogens is 2. The second-order valence-electron chi connectivity index (χ2n) is 3.85. The average molecular weight is 264 g/mol. The fourth-order valence-corrected chi connectivity index (χ4v) is 1.70. The highest BCUT2D eigenvalue weighted by molar-refractivity contribution is 5.90. The third-order valence-electron chi connectivity index (χ3n) is 2.63. The van der Waals surface area contributed by atoms with Crippen LogP contribution in [0.1, 0.15) is 10.4 Å². The van der Waals surface area contributed by atoms with Gasteiger partial charge in [-0.2, -0.15) is 0 Å². The lowest BCUT2D eigenvalue weighted by Gasteiger charge is -2.07. The minimum atomic E-state index is -0.746. The van der Waals surface area contributed by atoms with Gasteiger partial charge in [0.25, 0.3) is 0 Å². The molecule has 0 unspecified atom stereocenters. The van der Waals surface area contributed by atoms with Crippen molar-refractivity contribution in [1.82, 2.24) is 0 Å². The third-order valence-corrected chi connectivity index (χ3v) is 2.63. The Hall–Kier alpha value is -2.43. The van der Waals surface area contributed by atoms with Crippen LogP contribution in [0.4, 0.5) is 8.78 Å². The highest BCUT2D eigenvalue weighted by atomic mass is 19.1. The van der Waals surface area contributed by atoms with E-state index < -0.39 is 17.6 Å². The summed E-state index contributed by atoms with van der Waals surface area (Å²) in [5, 5.41) is 9.11. The molecule has 0 fully saturated rings. The average Bonchev–Trinajstić information content (AvgIpc) is 2.38. The molecule has 0 aromatic heterocycles. The van der Waals surface area contributed by atoms with Crippen molar-refractivity contribution in [2.45, 2.75) is 0 Å². The summed E-state index contributed by atoms with van der Waals surface area (Å²) >= 11 is 0. The van der Waals surface area contributed by atoms with E-state index in [1.54, 1.807) is 0 Å². The number of esters is 1. The van der Waals surface area contributed by atoms with Gasteiger partial charge < -0.3 is 9.84 Å². The van der Waals surface area contributed by atoms with Crippen LogP contribution < -0.4 is 0 Å². The van der Waals surface area contributed by atoms with E-state index in [1.165, 1.54) is 31.4 Å². The smallest absolute Gasteiger partial charge is 0.337 e. The Labute approximate surface area is 108 Å². The number of carbonyl (C=O) groups is 1. The zero-order chi connectivity index (χ0) is 14.0. The van der Waals surface area contributed by atoms with Crippen LogP contribution in [0.25, 0.3) is 11.1 Å². The predicted molar refractivity (Wildman–Crippen MR) is 64.8 cm³/mol. The fourth-order valence-electron chi connectivity index (χ4n) is 1.70. The van der Waals surface area contributed by atoms with Gasteiger partial charge in [0.2, 0.25) is 0 Å². The minimum absolute atomic E-state index is 0.00477. The number of carbonyl (C=O) groups excluding carboxylic acids is 1.